The molecule has 3 nitrogen and oxygen atoms in total. The van der Waals surface area contributed by atoms with Gasteiger partial charge in [0.2, 0.25) is 0 Å². The Morgan fingerprint density at radius 1 is 1.24 bits per heavy atom. The van der Waals surface area contributed by atoms with E-state index in [1.807, 2.05) is 31.3 Å². The van der Waals surface area contributed by atoms with E-state index in [9.17, 15) is 0 Å². The molecule has 1 atom stereocenters. The first-order chi connectivity index (χ1) is 10.2. The third-order valence-electron chi connectivity index (χ3n) is 3.91. The SMILES string of the molecule is Cc1cc(N2CCCCC2c2ccccn2)nc(Cl)c1Cl. The van der Waals surface area contributed by atoms with E-state index in [0.29, 0.717) is 10.2 Å². The second-order valence-electron chi connectivity index (χ2n) is 5.36. The maximum Gasteiger partial charge on any atom is 0.150 e. The van der Waals surface area contributed by atoms with E-state index in [4.69, 9.17) is 23.2 Å². The average Bonchev–Trinajstić information content (AvgIpc) is 2.53. The number of halogens is 2. The van der Waals surface area contributed by atoms with Crippen LogP contribution in [0.1, 0.15) is 36.6 Å². The highest BCUT2D eigenvalue weighted by molar-refractivity contribution is 6.41. The second kappa shape index (κ2) is 6.20. The molecule has 0 N–H and O–H groups in total. The Bertz CT molecular complexity index is 608. The summed E-state index contributed by atoms with van der Waals surface area (Å²) in [6, 6.07) is 8.31. The first kappa shape index (κ1) is 14.6. The number of anilines is 1. The van der Waals surface area contributed by atoms with Gasteiger partial charge >= 0.3 is 0 Å². The minimum atomic E-state index is 0.254. The highest BCUT2D eigenvalue weighted by Gasteiger charge is 2.26. The Morgan fingerprint density at radius 2 is 2.10 bits per heavy atom. The van der Waals surface area contributed by atoms with Gasteiger partial charge in [0.05, 0.1) is 16.8 Å². The van der Waals surface area contributed by atoms with Crippen molar-refractivity contribution in [1.29, 1.82) is 0 Å². The molecule has 0 aliphatic carbocycles. The van der Waals surface area contributed by atoms with E-state index >= 15 is 0 Å². The van der Waals surface area contributed by atoms with E-state index in [2.05, 4.69) is 20.9 Å². The van der Waals surface area contributed by atoms with E-state index in [-0.39, 0.29) is 6.04 Å². The standard InChI is InChI=1S/C16H17Cl2N3/c1-11-10-14(20-16(18)15(11)17)21-9-5-3-7-13(21)12-6-2-4-8-19-12/h2,4,6,8,10,13H,3,5,7,9H2,1H3. The molecule has 0 spiro atoms. The van der Waals surface area contributed by atoms with Gasteiger partial charge in [-0.1, -0.05) is 29.3 Å². The van der Waals surface area contributed by atoms with Crippen LogP contribution in [0.25, 0.3) is 0 Å². The first-order valence-corrected chi connectivity index (χ1v) is 7.92. The van der Waals surface area contributed by atoms with E-state index < -0.39 is 0 Å². The van der Waals surface area contributed by atoms with Crippen LogP contribution in [0.15, 0.2) is 30.5 Å². The largest absolute Gasteiger partial charge is 0.348 e. The number of hydrogen-bond acceptors (Lipinski definition) is 3. The number of piperidine rings is 1. The predicted octanol–water partition coefficient (Wildman–Crippen LogP) is 4.82. The van der Waals surface area contributed by atoms with Crippen molar-refractivity contribution in [2.45, 2.75) is 32.2 Å². The smallest absolute Gasteiger partial charge is 0.150 e. The van der Waals surface area contributed by atoms with Crippen LogP contribution < -0.4 is 4.90 Å². The molecule has 2 aromatic heterocycles. The van der Waals surface area contributed by atoms with Gasteiger partial charge in [0.25, 0.3) is 0 Å². The van der Waals surface area contributed by atoms with Crippen molar-refractivity contribution in [3.05, 3.63) is 51.9 Å². The van der Waals surface area contributed by atoms with Gasteiger partial charge < -0.3 is 4.90 Å². The minimum absolute atomic E-state index is 0.254. The summed E-state index contributed by atoms with van der Waals surface area (Å²) in [4.78, 5) is 11.3. The third kappa shape index (κ3) is 2.99. The molecule has 1 aliphatic rings. The summed E-state index contributed by atoms with van der Waals surface area (Å²) >= 11 is 12.3. The summed E-state index contributed by atoms with van der Waals surface area (Å²) < 4.78 is 0. The molecule has 1 aliphatic heterocycles. The summed E-state index contributed by atoms with van der Waals surface area (Å²) in [6.45, 7) is 2.92. The second-order valence-corrected chi connectivity index (χ2v) is 6.10. The maximum atomic E-state index is 6.15. The van der Waals surface area contributed by atoms with Gasteiger partial charge in [-0.3, -0.25) is 4.98 Å². The number of pyridine rings is 2. The van der Waals surface area contributed by atoms with Gasteiger partial charge in [-0.2, -0.15) is 0 Å². The van der Waals surface area contributed by atoms with Crippen LogP contribution in [0.3, 0.4) is 0 Å². The van der Waals surface area contributed by atoms with Crippen molar-refractivity contribution in [3.8, 4) is 0 Å². The van der Waals surface area contributed by atoms with Crippen molar-refractivity contribution >= 4 is 29.0 Å². The maximum absolute atomic E-state index is 6.15. The highest BCUT2D eigenvalue weighted by Crippen LogP contribution is 2.35. The zero-order valence-corrected chi connectivity index (χ0v) is 13.4. The number of aromatic nitrogens is 2. The average molecular weight is 322 g/mol. The van der Waals surface area contributed by atoms with Crippen LogP contribution in [-0.2, 0) is 0 Å². The molecule has 0 aromatic carbocycles. The van der Waals surface area contributed by atoms with Crippen molar-refractivity contribution in [1.82, 2.24) is 9.97 Å². The summed E-state index contributed by atoms with van der Waals surface area (Å²) in [5.74, 6) is 0.886. The van der Waals surface area contributed by atoms with Crippen molar-refractivity contribution in [2.75, 3.05) is 11.4 Å². The number of aryl methyl sites for hydroxylation is 1. The zero-order valence-electron chi connectivity index (χ0n) is 11.9. The summed E-state index contributed by atoms with van der Waals surface area (Å²) in [5.41, 5.74) is 2.04. The molecule has 0 saturated carbocycles. The molecular formula is C16H17Cl2N3. The fourth-order valence-corrected chi connectivity index (χ4v) is 3.17. The van der Waals surface area contributed by atoms with Gasteiger partial charge in [0.1, 0.15) is 11.0 Å². The van der Waals surface area contributed by atoms with Crippen LogP contribution in [0.5, 0.6) is 0 Å². The molecule has 21 heavy (non-hydrogen) atoms. The number of hydrogen-bond donors (Lipinski definition) is 0. The lowest BCUT2D eigenvalue weighted by molar-refractivity contribution is 0.462. The summed E-state index contributed by atoms with van der Waals surface area (Å²) in [7, 11) is 0. The van der Waals surface area contributed by atoms with Crippen LogP contribution >= 0.6 is 23.2 Å². The van der Waals surface area contributed by atoms with Crippen LogP contribution in [0.4, 0.5) is 5.82 Å². The molecule has 5 heteroatoms. The Balaban J connectivity index is 1.98. The lowest BCUT2D eigenvalue weighted by atomic mass is 9.98. The Labute approximate surface area is 134 Å². The molecule has 3 heterocycles. The van der Waals surface area contributed by atoms with Gasteiger partial charge in [-0.15, -0.1) is 0 Å². The van der Waals surface area contributed by atoms with Crippen molar-refractivity contribution < 1.29 is 0 Å². The lowest BCUT2D eigenvalue weighted by Gasteiger charge is -2.36. The fraction of sp³-hybridized carbons (Fsp3) is 0.375. The highest BCUT2D eigenvalue weighted by atomic mass is 35.5. The van der Waals surface area contributed by atoms with Crippen LogP contribution in [0, 0.1) is 6.92 Å². The Kier molecular flexibility index (Phi) is 4.32. The summed E-state index contributed by atoms with van der Waals surface area (Å²) in [6.07, 6.45) is 5.29. The Hall–Kier alpha value is -1.32. The van der Waals surface area contributed by atoms with Gasteiger partial charge in [0.15, 0.2) is 0 Å². The van der Waals surface area contributed by atoms with Crippen molar-refractivity contribution in [2.24, 2.45) is 0 Å². The molecule has 3 rings (SSSR count). The molecule has 0 radical (unpaired) electrons. The molecule has 2 aromatic rings. The van der Waals surface area contributed by atoms with E-state index in [0.717, 1.165) is 36.5 Å². The quantitative estimate of drug-likeness (QED) is 0.742. The van der Waals surface area contributed by atoms with E-state index in [1.54, 1.807) is 0 Å². The zero-order chi connectivity index (χ0) is 14.8. The molecule has 1 unspecified atom stereocenters. The van der Waals surface area contributed by atoms with Crippen LogP contribution in [0.2, 0.25) is 10.2 Å². The monoisotopic (exact) mass is 321 g/mol. The first-order valence-electron chi connectivity index (χ1n) is 7.17. The molecule has 1 fully saturated rings. The van der Waals surface area contributed by atoms with E-state index in [1.165, 1.54) is 6.42 Å². The number of nitrogens with zero attached hydrogens (tertiary/aromatic N) is 3. The third-order valence-corrected chi connectivity index (χ3v) is 4.76. The van der Waals surface area contributed by atoms with Crippen molar-refractivity contribution in [3.63, 3.8) is 0 Å². The number of rotatable bonds is 2. The summed E-state index contributed by atoms with van der Waals surface area (Å²) in [5, 5.41) is 0.906. The molecule has 0 bridgehead atoms. The molecule has 0 amide bonds. The predicted molar refractivity (Wildman–Crippen MR) is 87.2 cm³/mol. The normalized spacial score (nSPS) is 18.8. The molecular weight excluding hydrogens is 305 g/mol. The van der Waals surface area contributed by atoms with Gasteiger partial charge in [0, 0.05) is 12.7 Å². The molecule has 1 saturated heterocycles. The van der Waals surface area contributed by atoms with Gasteiger partial charge in [-0.25, -0.2) is 4.98 Å². The fourth-order valence-electron chi connectivity index (χ4n) is 2.84. The lowest BCUT2D eigenvalue weighted by Crippen LogP contribution is -2.34. The van der Waals surface area contributed by atoms with Gasteiger partial charge in [-0.05, 0) is 49.9 Å². The van der Waals surface area contributed by atoms with Crippen LogP contribution in [-0.4, -0.2) is 16.5 Å². The topological polar surface area (TPSA) is 29.0 Å². The minimum Gasteiger partial charge on any atom is -0.348 e. The molecule has 110 valence electrons. The Morgan fingerprint density at radius 3 is 2.81 bits per heavy atom.